The number of likely N-dealkylation sites (N-methyl/N-ethyl adjacent to an activating group) is 1. The zero-order valence-corrected chi connectivity index (χ0v) is 12.0. The van der Waals surface area contributed by atoms with Crippen LogP contribution in [-0.4, -0.2) is 50.9 Å². The molecular weight excluding hydrogens is 252 g/mol. The third kappa shape index (κ3) is 4.53. The van der Waals surface area contributed by atoms with E-state index in [1.807, 2.05) is 24.3 Å². The molecule has 1 unspecified atom stereocenters. The highest BCUT2D eigenvalue weighted by Crippen LogP contribution is 2.13. The van der Waals surface area contributed by atoms with Crippen molar-refractivity contribution in [2.45, 2.75) is 12.5 Å². The molecule has 4 nitrogen and oxygen atoms in total. The van der Waals surface area contributed by atoms with Gasteiger partial charge in [0.1, 0.15) is 12.4 Å². The second kappa shape index (κ2) is 7.91. The lowest BCUT2D eigenvalue weighted by Crippen LogP contribution is -2.35. The van der Waals surface area contributed by atoms with E-state index in [-0.39, 0.29) is 0 Å². The molecule has 0 bridgehead atoms. The average Bonchev–Trinajstić information content (AvgIpc) is 3.00. The Bertz CT molecular complexity index is 456. The minimum absolute atomic E-state index is 0.384. The van der Waals surface area contributed by atoms with Crippen molar-refractivity contribution in [3.8, 4) is 17.6 Å². The lowest BCUT2D eigenvalue weighted by atomic mass is 10.2. The van der Waals surface area contributed by atoms with Crippen LogP contribution in [0.25, 0.3) is 0 Å². The Hall–Kier alpha value is -1.54. The van der Waals surface area contributed by atoms with Crippen molar-refractivity contribution >= 4 is 0 Å². The quantitative estimate of drug-likeness (QED) is 0.817. The molecule has 2 rings (SSSR count). The van der Waals surface area contributed by atoms with Gasteiger partial charge in [-0.25, -0.2) is 0 Å². The van der Waals surface area contributed by atoms with E-state index in [0.29, 0.717) is 19.2 Å². The van der Waals surface area contributed by atoms with Crippen LogP contribution in [0.15, 0.2) is 24.3 Å². The molecule has 0 amide bonds. The van der Waals surface area contributed by atoms with Crippen LogP contribution in [0.5, 0.6) is 5.75 Å². The number of rotatable bonds is 5. The molecule has 0 aromatic heterocycles. The van der Waals surface area contributed by atoms with Gasteiger partial charge >= 0.3 is 0 Å². The van der Waals surface area contributed by atoms with E-state index in [2.05, 4.69) is 23.8 Å². The van der Waals surface area contributed by atoms with Gasteiger partial charge < -0.3 is 15.2 Å². The molecule has 2 N–H and O–H groups in total. The fourth-order valence-electron chi connectivity index (χ4n) is 2.15. The fourth-order valence-corrected chi connectivity index (χ4v) is 2.15. The summed E-state index contributed by atoms with van der Waals surface area (Å²) in [5, 5.41) is 0. The number of nitrogens with zero attached hydrogens (tertiary/aromatic N) is 1. The minimum atomic E-state index is 0.384. The highest BCUT2D eigenvalue weighted by molar-refractivity contribution is 5.38. The third-order valence-corrected chi connectivity index (χ3v) is 3.43. The Balaban J connectivity index is 1.73. The SMILES string of the molecule is CN(CCOc1ccc(C#CCN)cc1)C1CCOC1. The van der Waals surface area contributed by atoms with Crippen molar-refractivity contribution in [1.82, 2.24) is 4.90 Å². The number of benzene rings is 1. The first kappa shape index (κ1) is 14.9. The molecular formula is C16H22N2O2. The summed E-state index contributed by atoms with van der Waals surface area (Å²) >= 11 is 0. The summed E-state index contributed by atoms with van der Waals surface area (Å²) in [6.45, 7) is 3.69. The summed E-state index contributed by atoms with van der Waals surface area (Å²) in [5.74, 6) is 6.70. The zero-order chi connectivity index (χ0) is 14.2. The van der Waals surface area contributed by atoms with E-state index in [0.717, 1.165) is 37.5 Å². The fraction of sp³-hybridized carbons (Fsp3) is 0.500. The predicted octanol–water partition coefficient (Wildman–Crippen LogP) is 1.10. The maximum atomic E-state index is 5.74. The van der Waals surface area contributed by atoms with Crippen molar-refractivity contribution in [3.63, 3.8) is 0 Å². The summed E-state index contributed by atoms with van der Waals surface area (Å²) < 4.78 is 11.1. The molecule has 0 aliphatic carbocycles. The number of hydrogen-bond donors (Lipinski definition) is 1. The first-order valence-electron chi connectivity index (χ1n) is 6.99. The van der Waals surface area contributed by atoms with E-state index in [4.69, 9.17) is 15.2 Å². The molecule has 1 aliphatic rings. The summed E-state index contributed by atoms with van der Waals surface area (Å²) in [6, 6.07) is 8.32. The van der Waals surface area contributed by atoms with Crippen LogP contribution in [0.4, 0.5) is 0 Å². The zero-order valence-electron chi connectivity index (χ0n) is 12.0. The van der Waals surface area contributed by atoms with E-state index in [9.17, 15) is 0 Å². The van der Waals surface area contributed by atoms with Crippen LogP contribution in [0.1, 0.15) is 12.0 Å². The molecule has 108 valence electrons. The molecule has 1 aliphatic heterocycles. The van der Waals surface area contributed by atoms with Gasteiger partial charge in [-0.1, -0.05) is 11.8 Å². The average molecular weight is 274 g/mol. The van der Waals surface area contributed by atoms with Crippen LogP contribution < -0.4 is 10.5 Å². The molecule has 0 spiro atoms. The minimum Gasteiger partial charge on any atom is -0.492 e. The Morgan fingerprint density at radius 3 is 2.85 bits per heavy atom. The van der Waals surface area contributed by atoms with Gasteiger partial charge in [-0.05, 0) is 37.7 Å². The summed E-state index contributed by atoms with van der Waals surface area (Å²) in [7, 11) is 2.12. The van der Waals surface area contributed by atoms with Crippen molar-refractivity contribution in [2.75, 3.05) is 40.0 Å². The van der Waals surface area contributed by atoms with Gasteiger partial charge in [0.2, 0.25) is 0 Å². The number of nitrogens with two attached hydrogens (primary N) is 1. The lowest BCUT2D eigenvalue weighted by Gasteiger charge is -2.22. The summed E-state index contributed by atoms with van der Waals surface area (Å²) in [4.78, 5) is 2.30. The van der Waals surface area contributed by atoms with Crippen molar-refractivity contribution in [1.29, 1.82) is 0 Å². The van der Waals surface area contributed by atoms with Crippen LogP contribution in [0.2, 0.25) is 0 Å². The maximum Gasteiger partial charge on any atom is 0.119 e. The van der Waals surface area contributed by atoms with Crippen LogP contribution in [-0.2, 0) is 4.74 Å². The van der Waals surface area contributed by atoms with Crippen LogP contribution in [0.3, 0.4) is 0 Å². The van der Waals surface area contributed by atoms with Gasteiger partial charge in [0.15, 0.2) is 0 Å². The Morgan fingerprint density at radius 2 is 2.20 bits per heavy atom. The first-order valence-corrected chi connectivity index (χ1v) is 6.99. The Kier molecular flexibility index (Phi) is 5.87. The van der Waals surface area contributed by atoms with Crippen molar-refractivity contribution in [3.05, 3.63) is 29.8 Å². The molecule has 1 heterocycles. The lowest BCUT2D eigenvalue weighted by molar-refractivity contribution is 0.147. The summed E-state index contributed by atoms with van der Waals surface area (Å²) in [6.07, 6.45) is 1.12. The van der Waals surface area contributed by atoms with Crippen LogP contribution in [0, 0.1) is 11.8 Å². The molecule has 0 saturated carbocycles. The molecule has 1 aromatic carbocycles. The highest BCUT2D eigenvalue weighted by Gasteiger charge is 2.19. The van der Waals surface area contributed by atoms with Crippen LogP contribution >= 0.6 is 0 Å². The van der Waals surface area contributed by atoms with Gasteiger partial charge in [-0.3, -0.25) is 4.90 Å². The highest BCUT2D eigenvalue weighted by atomic mass is 16.5. The molecule has 4 heteroatoms. The smallest absolute Gasteiger partial charge is 0.119 e. The number of ether oxygens (including phenoxy) is 2. The van der Waals surface area contributed by atoms with Gasteiger partial charge in [-0.2, -0.15) is 0 Å². The first-order chi connectivity index (χ1) is 9.79. The molecule has 1 saturated heterocycles. The van der Waals surface area contributed by atoms with Gasteiger partial charge in [-0.15, -0.1) is 0 Å². The molecule has 1 aromatic rings. The molecule has 0 radical (unpaired) electrons. The van der Waals surface area contributed by atoms with E-state index in [1.54, 1.807) is 0 Å². The molecule has 1 fully saturated rings. The third-order valence-electron chi connectivity index (χ3n) is 3.43. The summed E-state index contributed by atoms with van der Waals surface area (Å²) in [5.41, 5.74) is 6.30. The molecule has 20 heavy (non-hydrogen) atoms. The second-order valence-corrected chi connectivity index (χ2v) is 4.88. The van der Waals surface area contributed by atoms with Gasteiger partial charge in [0, 0.05) is 24.8 Å². The Labute approximate surface area is 120 Å². The molecule has 1 atom stereocenters. The largest absolute Gasteiger partial charge is 0.492 e. The van der Waals surface area contributed by atoms with E-state index >= 15 is 0 Å². The van der Waals surface area contributed by atoms with E-state index < -0.39 is 0 Å². The van der Waals surface area contributed by atoms with Crippen molar-refractivity contribution < 1.29 is 9.47 Å². The monoisotopic (exact) mass is 274 g/mol. The number of hydrogen-bond acceptors (Lipinski definition) is 4. The van der Waals surface area contributed by atoms with Gasteiger partial charge in [0.25, 0.3) is 0 Å². The van der Waals surface area contributed by atoms with Gasteiger partial charge in [0.05, 0.1) is 13.2 Å². The van der Waals surface area contributed by atoms with E-state index in [1.165, 1.54) is 0 Å². The topological polar surface area (TPSA) is 47.7 Å². The Morgan fingerprint density at radius 1 is 1.40 bits per heavy atom. The maximum absolute atomic E-state index is 5.74. The van der Waals surface area contributed by atoms with Crippen molar-refractivity contribution in [2.24, 2.45) is 5.73 Å². The predicted molar refractivity (Wildman–Crippen MR) is 79.7 cm³/mol. The standard InChI is InChI=1S/C16H22N2O2/c1-18(15-8-11-19-13-15)10-12-20-16-6-4-14(5-7-16)3-2-9-17/h4-7,15H,8-13,17H2,1H3. The second-order valence-electron chi connectivity index (χ2n) is 4.88. The normalized spacial score (nSPS) is 17.9.